The van der Waals surface area contributed by atoms with Gasteiger partial charge < -0.3 is 5.32 Å². The molecule has 0 fully saturated rings. The largest absolute Gasteiger partial charge is 0.372 e. The molecule has 0 radical (unpaired) electrons. The van der Waals surface area contributed by atoms with E-state index < -0.39 is 0 Å². The van der Waals surface area contributed by atoms with Gasteiger partial charge in [-0.05, 0) is 30.0 Å². The van der Waals surface area contributed by atoms with E-state index in [4.69, 9.17) is 0 Å². The summed E-state index contributed by atoms with van der Waals surface area (Å²) in [6.45, 7) is 1.74. The van der Waals surface area contributed by atoms with Gasteiger partial charge in [-0.25, -0.2) is 14.4 Å². The quantitative estimate of drug-likeness (QED) is 0.770. The number of hydrogen-bond donors (Lipinski definition) is 1. The highest BCUT2D eigenvalue weighted by atomic mass is 32.1. The Morgan fingerprint density at radius 1 is 1.21 bits per heavy atom. The molecule has 0 saturated carbocycles. The van der Waals surface area contributed by atoms with E-state index >= 15 is 0 Å². The summed E-state index contributed by atoms with van der Waals surface area (Å²) in [7, 11) is 1.80. The van der Waals surface area contributed by atoms with Crippen LogP contribution in [-0.4, -0.2) is 17.0 Å². The molecule has 3 nitrogen and oxygen atoms in total. The predicted octanol–water partition coefficient (Wildman–Crippen LogP) is 3.85. The number of hydrogen-bond acceptors (Lipinski definition) is 4. The third-order valence-corrected chi connectivity index (χ3v) is 3.80. The van der Waals surface area contributed by atoms with Crippen LogP contribution in [-0.2, 0) is 0 Å². The van der Waals surface area contributed by atoms with Crippen molar-refractivity contribution in [2.45, 2.75) is 6.92 Å². The molecule has 1 aromatic carbocycles. The fourth-order valence-electron chi connectivity index (χ4n) is 1.99. The summed E-state index contributed by atoms with van der Waals surface area (Å²) >= 11 is 1.52. The zero-order valence-electron chi connectivity index (χ0n) is 10.6. The maximum absolute atomic E-state index is 14.2. The van der Waals surface area contributed by atoms with Gasteiger partial charge in [0.25, 0.3) is 0 Å². The first kappa shape index (κ1) is 12.0. The molecule has 3 aromatic rings. The molecular formula is C14H12FN3S. The third kappa shape index (κ3) is 1.96. The molecule has 0 amide bonds. The number of thiophene rings is 1. The topological polar surface area (TPSA) is 37.8 Å². The lowest BCUT2D eigenvalue weighted by Crippen LogP contribution is -1.99. The van der Waals surface area contributed by atoms with Crippen LogP contribution in [0.1, 0.15) is 5.56 Å². The Kier molecular flexibility index (Phi) is 2.91. The molecule has 96 valence electrons. The molecule has 0 unspecified atom stereocenters. The number of nitrogens with zero attached hydrogens (tertiary/aromatic N) is 2. The lowest BCUT2D eigenvalue weighted by Gasteiger charge is -2.07. The highest BCUT2D eigenvalue weighted by Gasteiger charge is 2.13. The highest BCUT2D eigenvalue weighted by molar-refractivity contribution is 7.16. The van der Waals surface area contributed by atoms with Gasteiger partial charge in [-0.1, -0.05) is 12.1 Å². The second-order valence-electron chi connectivity index (χ2n) is 4.22. The summed E-state index contributed by atoms with van der Waals surface area (Å²) in [5.74, 6) is 0.878. The van der Waals surface area contributed by atoms with E-state index in [1.54, 1.807) is 26.1 Å². The average Bonchev–Trinajstić information content (AvgIpc) is 2.89. The molecular weight excluding hydrogens is 261 g/mol. The number of benzene rings is 1. The maximum atomic E-state index is 14.2. The van der Waals surface area contributed by atoms with Crippen LogP contribution < -0.4 is 5.32 Å². The van der Waals surface area contributed by atoms with Crippen LogP contribution >= 0.6 is 11.3 Å². The minimum atomic E-state index is -0.263. The lowest BCUT2D eigenvalue weighted by atomic mass is 10.1. The third-order valence-electron chi connectivity index (χ3n) is 2.99. The van der Waals surface area contributed by atoms with Gasteiger partial charge in [0.2, 0.25) is 0 Å². The predicted molar refractivity (Wildman–Crippen MR) is 77.1 cm³/mol. The number of halogens is 1. The van der Waals surface area contributed by atoms with Gasteiger partial charge in [-0.15, -0.1) is 11.3 Å². The SMILES string of the molecule is CNc1nc(-c2cccc(C)c2F)nc2sccc12. The smallest absolute Gasteiger partial charge is 0.166 e. The first-order valence-electron chi connectivity index (χ1n) is 5.89. The summed E-state index contributed by atoms with van der Waals surface area (Å²) < 4.78 is 14.2. The molecule has 0 bridgehead atoms. The van der Waals surface area contributed by atoms with Crippen LogP contribution in [0.5, 0.6) is 0 Å². The fourth-order valence-corrected chi connectivity index (χ4v) is 2.75. The summed E-state index contributed by atoms with van der Waals surface area (Å²) in [6, 6.07) is 7.22. The highest BCUT2D eigenvalue weighted by Crippen LogP contribution is 2.29. The van der Waals surface area contributed by atoms with Crippen molar-refractivity contribution in [3.05, 3.63) is 41.0 Å². The van der Waals surface area contributed by atoms with E-state index in [0.29, 0.717) is 17.0 Å². The number of anilines is 1. The van der Waals surface area contributed by atoms with Gasteiger partial charge in [-0.2, -0.15) is 0 Å². The van der Waals surface area contributed by atoms with Gasteiger partial charge in [0, 0.05) is 7.05 Å². The molecule has 0 atom stereocenters. The fraction of sp³-hybridized carbons (Fsp3) is 0.143. The number of fused-ring (bicyclic) bond motifs is 1. The summed E-state index contributed by atoms with van der Waals surface area (Å²) in [5, 5.41) is 5.95. The average molecular weight is 273 g/mol. The van der Waals surface area contributed by atoms with Crippen LogP contribution in [0, 0.1) is 12.7 Å². The van der Waals surface area contributed by atoms with E-state index in [9.17, 15) is 4.39 Å². The van der Waals surface area contributed by atoms with Gasteiger partial charge in [0.05, 0.1) is 10.9 Å². The Labute approximate surface area is 114 Å². The Hall–Kier alpha value is -2.01. The molecule has 0 aliphatic heterocycles. The number of rotatable bonds is 2. The van der Waals surface area contributed by atoms with Crippen molar-refractivity contribution in [1.82, 2.24) is 9.97 Å². The molecule has 0 spiro atoms. The molecule has 19 heavy (non-hydrogen) atoms. The van der Waals surface area contributed by atoms with Crippen molar-refractivity contribution in [1.29, 1.82) is 0 Å². The molecule has 5 heteroatoms. The molecule has 0 saturated heterocycles. The Morgan fingerprint density at radius 3 is 2.84 bits per heavy atom. The van der Waals surface area contributed by atoms with Crippen molar-refractivity contribution in [3.8, 4) is 11.4 Å². The molecule has 1 N–H and O–H groups in total. The van der Waals surface area contributed by atoms with Crippen LogP contribution in [0.3, 0.4) is 0 Å². The number of aryl methyl sites for hydroxylation is 1. The monoisotopic (exact) mass is 273 g/mol. The molecule has 0 aliphatic carbocycles. The summed E-state index contributed by atoms with van der Waals surface area (Å²) in [4.78, 5) is 9.71. The molecule has 0 aliphatic rings. The Bertz CT molecular complexity index is 752. The lowest BCUT2D eigenvalue weighted by molar-refractivity contribution is 0.621. The van der Waals surface area contributed by atoms with E-state index in [1.807, 2.05) is 17.5 Å². The van der Waals surface area contributed by atoms with E-state index in [1.165, 1.54) is 11.3 Å². The van der Waals surface area contributed by atoms with Crippen molar-refractivity contribution < 1.29 is 4.39 Å². The number of nitrogens with one attached hydrogen (secondary N) is 1. The Morgan fingerprint density at radius 2 is 2.05 bits per heavy atom. The van der Waals surface area contributed by atoms with Gasteiger partial charge in [0.1, 0.15) is 16.5 Å². The molecule has 2 heterocycles. The summed E-state index contributed by atoms with van der Waals surface area (Å²) in [5.41, 5.74) is 1.03. The Balaban J connectivity index is 2.27. The van der Waals surface area contributed by atoms with Crippen molar-refractivity contribution in [3.63, 3.8) is 0 Å². The van der Waals surface area contributed by atoms with E-state index in [-0.39, 0.29) is 5.82 Å². The van der Waals surface area contributed by atoms with Crippen molar-refractivity contribution >= 4 is 27.4 Å². The second-order valence-corrected chi connectivity index (χ2v) is 5.12. The van der Waals surface area contributed by atoms with Crippen molar-refractivity contribution in [2.75, 3.05) is 12.4 Å². The second kappa shape index (κ2) is 4.59. The van der Waals surface area contributed by atoms with Crippen LogP contribution in [0.15, 0.2) is 29.6 Å². The normalized spacial score (nSPS) is 10.9. The first-order valence-corrected chi connectivity index (χ1v) is 6.77. The number of aromatic nitrogens is 2. The molecule has 2 aromatic heterocycles. The van der Waals surface area contributed by atoms with Gasteiger partial charge in [-0.3, -0.25) is 0 Å². The van der Waals surface area contributed by atoms with Crippen LogP contribution in [0.2, 0.25) is 0 Å². The van der Waals surface area contributed by atoms with Gasteiger partial charge in [0.15, 0.2) is 5.82 Å². The van der Waals surface area contributed by atoms with E-state index in [0.717, 1.165) is 16.0 Å². The first-order chi connectivity index (χ1) is 9.20. The molecule has 3 rings (SSSR count). The summed E-state index contributed by atoms with van der Waals surface area (Å²) in [6.07, 6.45) is 0. The van der Waals surface area contributed by atoms with Crippen LogP contribution in [0.4, 0.5) is 10.2 Å². The maximum Gasteiger partial charge on any atom is 0.166 e. The van der Waals surface area contributed by atoms with Crippen molar-refractivity contribution in [2.24, 2.45) is 0 Å². The zero-order valence-corrected chi connectivity index (χ0v) is 11.4. The van der Waals surface area contributed by atoms with E-state index in [2.05, 4.69) is 15.3 Å². The van der Waals surface area contributed by atoms with Crippen LogP contribution in [0.25, 0.3) is 21.6 Å². The standard InChI is InChI=1S/C14H12FN3S/c1-8-4-3-5-9(11(8)15)13-17-12(16-2)10-6-7-19-14(10)18-13/h3-7H,1-2H3,(H,16,17,18). The minimum Gasteiger partial charge on any atom is -0.372 e. The van der Waals surface area contributed by atoms with Gasteiger partial charge >= 0.3 is 0 Å². The minimum absolute atomic E-state index is 0.263. The zero-order chi connectivity index (χ0) is 13.4.